The number of rotatable bonds is 4. The van der Waals surface area contributed by atoms with Crippen LogP contribution in [-0.2, 0) is 10.0 Å². The van der Waals surface area contributed by atoms with Crippen molar-refractivity contribution in [3.8, 4) is 0 Å². The van der Waals surface area contributed by atoms with Crippen molar-refractivity contribution in [2.45, 2.75) is 24.2 Å². The molecule has 1 amide bonds. The highest BCUT2D eigenvalue weighted by Crippen LogP contribution is 2.23. The second kappa shape index (κ2) is 7.51. The van der Waals surface area contributed by atoms with Crippen molar-refractivity contribution in [2.75, 3.05) is 18.4 Å². The third-order valence-corrected chi connectivity index (χ3v) is 6.12. The predicted molar refractivity (Wildman–Crippen MR) is 93.4 cm³/mol. The average molecular weight is 380 g/mol. The molecule has 2 aromatic rings. The summed E-state index contributed by atoms with van der Waals surface area (Å²) in [6.45, 7) is 0.960. The summed E-state index contributed by atoms with van der Waals surface area (Å²) in [5.41, 5.74) is 0.200. The number of nitrogens with zero attached hydrogens (tertiary/aromatic N) is 1. The maximum Gasteiger partial charge on any atom is 0.255 e. The summed E-state index contributed by atoms with van der Waals surface area (Å²) in [6.07, 6.45) is 2.66. The van der Waals surface area contributed by atoms with Crippen molar-refractivity contribution in [1.82, 2.24) is 4.31 Å². The maximum atomic E-state index is 13.3. The number of amides is 1. The Kier molecular flexibility index (Phi) is 5.33. The smallest absolute Gasteiger partial charge is 0.255 e. The van der Waals surface area contributed by atoms with E-state index in [2.05, 4.69) is 5.32 Å². The van der Waals surface area contributed by atoms with Crippen molar-refractivity contribution in [2.24, 2.45) is 0 Å². The Labute approximate surface area is 150 Å². The summed E-state index contributed by atoms with van der Waals surface area (Å²) in [7, 11) is -3.62. The third-order valence-electron chi connectivity index (χ3n) is 4.23. The van der Waals surface area contributed by atoms with Crippen LogP contribution in [0.4, 0.5) is 14.5 Å². The second-order valence-corrected chi connectivity index (χ2v) is 8.01. The van der Waals surface area contributed by atoms with Crippen molar-refractivity contribution in [3.63, 3.8) is 0 Å². The van der Waals surface area contributed by atoms with E-state index in [9.17, 15) is 22.0 Å². The summed E-state index contributed by atoms with van der Waals surface area (Å²) < 4.78 is 53.1. The third kappa shape index (κ3) is 3.91. The first-order valence-corrected chi connectivity index (χ1v) is 9.68. The first-order valence-electron chi connectivity index (χ1n) is 8.24. The van der Waals surface area contributed by atoms with Gasteiger partial charge in [0.1, 0.15) is 0 Å². The SMILES string of the molecule is O=C(Nc1cccc(S(=O)(=O)N2CCCCC2)c1)c1ccc(F)c(F)c1. The molecule has 138 valence electrons. The van der Waals surface area contributed by atoms with E-state index >= 15 is 0 Å². The molecule has 0 radical (unpaired) electrons. The molecule has 0 aliphatic carbocycles. The van der Waals surface area contributed by atoms with Crippen LogP contribution in [0.1, 0.15) is 29.6 Å². The van der Waals surface area contributed by atoms with Crippen molar-refractivity contribution in [3.05, 3.63) is 59.7 Å². The molecular formula is C18H18F2N2O3S. The van der Waals surface area contributed by atoms with Gasteiger partial charge in [-0.1, -0.05) is 12.5 Å². The summed E-state index contributed by atoms with van der Waals surface area (Å²) in [5, 5.41) is 2.51. The van der Waals surface area contributed by atoms with Gasteiger partial charge in [-0.2, -0.15) is 4.31 Å². The van der Waals surface area contributed by atoms with Crippen LogP contribution in [0.25, 0.3) is 0 Å². The fourth-order valence-electron chi connectivity index (χ4n) is 2.83. The molecule has 5 nitrogen and oxygen atoms in total. The number of benzene rings is 2. The van der Waals surface area contributed by atoms with Crippen LogP contribution in [0.5, 0.6) is 0 Å². The van der Waals surface area contributed by atoms with Crippen LogP contribution in [-0.4, -0.2) is 31.7 Å². The number of sulfonamides is 1. The van der Waals surface area contributed by atoms with Gasteiger partial charge in [-0.3, -0.25) is 4.79 Å². The number of carbonyl (C=O) groups excluding carboxylic acids is 1. The van der Waals surface area contributed by atoms with Gasteiger partial charge in [-0.05, 0) is 49.2 Å². The lowest BCUT2D eigenvalue weighted by molar-refractivity contribution is 0.102. The van der Waals surface area contributed by atoms with Gasteiger partial charge in [0, 0.05) is 24.3 Å². The van der Waals surface area contributed by atoms with Crippen LogP contribution in [0, 0.1) is 11.6 Å². The van der Waals surface area contributed by atoms with E-state index in [0.717, 1.165) is 37.5 Å². The normalized spacial score (nSPS) is 15.6. The molecule has 0 aromatic heterocycles. The van der Waals surface area contributed by atoms with Gasteiger partial charge in [0.25, 0.3) is 5.91 Å². The fourth-order valence-corrected chi connectivity index (χ4v) is 4.39. The summed E-state index contributed by atoms with van der Waals surface area (Å²) >= 11 is 0. The number of nitrogens with one attached hydrogen (secondary N) is 1. The molecule has 26 heavy (non-hydrogen) atoms. The number of anilines is 1. The highest BCUT2D eigenvalue weighted by atomic mass is 32.2. The summed E-state index contributed by atoms with van der Waals surface area (Å²) in [5.74, 6) is -2.83. The van der Waals surface area contributed by atoms with Gasteiger partial charge >= 0.3 is 0 Å². The van der Waals surface area contributed by atoms with Crippen LogP contribution in [0.2, 0.25) is 0 Å². The van der Waals surface area contributed by atoms with Crippen LogP contribution < -0.4 is 5.32 Å². The Bertz CT molecular complexity index is 926. The van der Waals surface area contributed by atoms with Gasteiger partial charge in [0.05, 0.1) is 4.90 Å². The molecule has 1 fully saturated rings. The molecular weight excluding hydrogens is 362 g/mol. The Hall–Kier alpha value is -2.32. The number of halogens is 2. The number of hydrogen-bond donors (Lipinski definition) is 1. The highest BCUT2D eigenvalue weighted by Gasteiger charge is 2.26. The van der Waals surface area contributed by atoms with Crippen molar-refractivity contribution in [1.29, 1.82) is 0 Å². The second-order valence-electron chi connectivity index (χ2n) is 6.08. The fraction of sp³-hybridized carbons (Fsp3) is 0.278. The Morgan fingerprint density at radius 1 is 0.962 bits per heavy atom. The van der Waals surface area contributed by atoms with Crippen LogP contribution in [0.3, 0.4) is 0 Å². The van der Waals surface area contributed by atoms with E-state index in [1.165, 1.54) is 28.6 Å². The molecule has 0 unspecified atom stereocenters. The molecule has 0 saturated carbocycles. The Morgan fingerprint density at radius 3 is 2.38 bits per heavy atom. The Balaban J connectivity index is 1.80. The lowest BCUT2D eigenvalue weighted by Gasteiger charge is -2.26. The number of hydrogen-bond acceptors (Lipinski definition) is 3. The topological polar surface area (TPSA) is 66.5 Å². The van der Waals surface area contributed by atoms with Gasteiger partial charge in [0.2, 0.25) is 10.0 Å². The van der Waals surface area contributed by atoms with E-state index in [0.29, 0.717) is 13.1 Å². The van der Waals surface area contributed by atoms with Crippen LogP contribution in [0.15, 0.2) is 47.4 Å². The molecule has 8 heteroatoms. The molecule has 1 aliphatic rings. The molecule has 1 aliphatic heterocycles. The minimum Gasteiger partial charge on any atom is -0.322 e. The largest absolute Gasteiger partial charge is 0.322 e. The monoisotopic (exact) mass is 380 g/mol. The van der Waals surface area contributed by atoms with E-state index in [4.69, 9.17) is 0 Å². The highest BCUT2D eigenvalue weighted by molar-refractivity contribution is 7.89. The number of carbonyl (C=O) groups is 1. The van der Waals surface area contributed by atoms with Crippen molar-refractivity contribution < 1.29 is 22.0 Å². The van der Waals surface area contributed by atoms with Gasteiger partial charge in [-0.15, -0.1) is 0 Å². The zero-order valence-electron chi connectivity index (χ0n) is 13.9. The minimum absolute atomic E-state index is 0.0619. The molecule has 3 rings (SSSR count). The summed E-state index contributed by atoms with van der Waals surface area (Å²) in [4.78, 5) is 12.3. The molecule has 0 atom stereocenters. The van der Waals surface area contributed by atoms with Gasteiger partial charge < -0.3 is 5.32 Å². The molecule has 1 saturated heterocycles. The number of piperidine rings is 1. The first-order chi connectivity index (χ1) is 12.4. The maximum absolute atomic E-state index is 13.3. The molecule has 0 spiro atoms. The first kappa shape index (κ1) is 18.5. The molecule has 0 bridgehead atoms. The van der Waals surface area contributed by atoms with E-state index in [1.54, 1.807) is 0 Å². The lowest BCUT2D eigenvalue weighted by Crippen LogP contribution is -2.35. The van der Waals surface area contributed by atoms with E-state index in [1.807, 2.05) is 0 Å². The predicted octanol–water partition coefficient (Wildman–Crippen LogP) is 3.39. The minimum atomic E-state index is -3.62. The van der Waals surface area contributed by atoms with Crippen molar-refractivity contribution >= 4 is 21.6 Å². The van der Waals surface area contributed by atoms with Crippen LogP contribution >= 0.6 is 0 Å². The molecule has 1 N–H and O–H groups in total. The summed E-state index contributed by atoms with van der Waals surface area (Å²) in [6, 6.07) is 8.70. The zero-order valence-corrected chi connectivity index (χ0v) is 14.7. The van der Waals surface area contributed by atoms with Gasteiger partial charge in [-0.25, -0.2) is 17.2 Å². The van der Waals surface area contributed by atoms with E-state index < -0.39 is 27.6 Å². The molecule has 2 aromatic carbocycles. The zero-order chi connectivity index (χ0) is 18.7. The lowest BCUT2D eigenvalue weighted by atomic mass is 10.2. The van der Waals surface area contributed by atoms with E-state index in [-0.39, 0.29) is 16.1 Å². The molecule has 1 heterocycles. The Morgan fingerprint density at radius 2 is 1.69 bits per heavy atom. The van der Waals surface area contributed by atoms with Gasteiger partial charge in [0.15, 0.2) is 11.6 Å². The quantitative estimate of drug-likeness (QED) is 0.884. The standard InChI is InChI=1S/C18H18F2N2O3S/c19-16-8-7-13(11-17(16)20)18(23)21-14-5-4-6-15(12-14)26(24,25)22-9-2-1-3-10-22/h4-8,11-12H,1-3,9-10H2,(H,21,23). The average Bonchev–Trinajstić information content (AvgIpc) is 2.65.